The number of rotatable bonds is 5. The first kappa shape index (κ1) is 15.4. The number of carbonyl (C=O) groups excluding carboxylic acids is 1. The van der Waals surface area contributed by atoms with Gasteiger partial charge in [0, 0.05) is 11.6 Å². The Morgan fingerprint density at radius 1 is 1.60 bits per heavy atom. The predicted molar refractivity (Wildman–Crippen MR) is 78.3 cm³/mol. The predicted octanol–water partition coefficient (Wildman–Crippen LogP) is 2.97. The minimum absolute atomic E-state index is 0.0959. The molecule has 1 N–H and O–H groups in total. The van der Waals surface area contributed by atoms with Crippen molar-refractivity contribution >= 4 is 17.3 Å². The Bertz CT molecular complexity index is 444. The van der Waals surface area contributed by atoms with Crippen LogP contribution in [0.15, 0.2) is 11.6 Å². The van der Waals surface area contributed by atoms with Gasteiger partial charge in [-0.3, -0.25) is 4.79 Å². The molecule has 0 aromatic carbocycles. The van der Waals surface area contributed by atoms with Crippen LogP contribution in [0.1, 0.15) is 45.0 Å². The molecule has 4 unspecified atom stereocenters. The molecule has 4 nitrogen and oxygen atoms in total. The van der Waals surface area contributed by atoms with E-state index in [4.69, 9.17) is 4.74 Å². The summed E-state index contributed by atoms with van der Waals surface area (Å²) in [6.07, 6.45) is 4.25. The van der Waals surface area contributed by atoms with E-state index in [1.807, 2.05) is 12.3 Å². The highest BCUT2D eigenvalue weighted by Gasteiger charge is 2.43. The number of carbonyl (C=O) groups is 1. The van der Waals surface area contributed by atoms with Crippen molar-refractivity contribution in [1.82, 2.24) is 4.98 Å². The van der Waals surface area contributed by atoms with Crippen molar-refractivity contribution in [3.05, 3.63) is 16.6 Å². The summed E-state index contributed by atoms with van der Waals surface area (Å²) in [6, 6.07) is 0. The standard InChI is InChI=1S/C15H23NO3S/c1-4-19-13(17)12-10(2)5-6-11(12)9-15(3,18)14-16-7-8-20-14/h7-8,10-12,18H,4-6,9H2,1-3H3. The van der Waals surface area contributed by atoms with Crippen molar-refractivity contribution < 1.29 is 14.6 Å². The fourth-order valence-corrected chi connectivity index (χ4v) is 3.99. The minimum Gasteiger partial charge on any atom is -0.466 e. The summed E-state index contributed by atoms with van der Waals surface area (Å²) in [5.41, 5.74) is -0.965. The van der Waals surface area contributed by atoms with Crippen LogP contribution in [0.5, 0.6) is 0 Å². The largest absolute Gasteiger partial charge is 0.466 e. The van der Waals surface area contributed by atoms with Gasteiger partial charge in [0.2, 0.25) is 0 Å². The first-order valence-electron chi connectivity index (χ1n) is 7.24. The van der Waals surface area contributed by atoms with E-state index in [2.05, 4.69) is 11.9 Å². The fourth-order valence-electron chi connectivity index (χ4n) is 3.28. The third-order valence-electron chi connectivity index (χ3n) is 4.23. The highest BCUT2D eigenvalue weighted by Crippen LogP contribution is 2.44. The van der Waals surface area contributed by atoms with Crippen LogP contribution in [0.2, 0.25) is 0 Å². The van der Waals surface area contributed by atoms with Gasteiger partial charge in [0.05, 0.1) is 12.5 Å². The SMILES string of the molecule is CCOC(=O)C1C(C)CCC1CC(C)(O)c1nccs1. The molecule has 1 heterocycles. The van der Waals surface area contributed by atoms with E-state index in [1.54, 1.807) is 13.1 Å². The summed E-state index contributed by atoms with van der Waals surface area (Å²) in [5.74, 6) is 0.285. The average Bonchev–Trinajstić information content (AvgIpc) is 2.99. The zero-order chi connectivity index (χ0) is 14.8. The Hall–Kier alpha value is -0.940. The highest BCUT2D eigenvalue weighted by molar-refractivity contribution is 7.09. The number of hydrogen-bond donors (Lipinski definition) is 1. The third-order valence-corrected chi connectivity index (χ3v) is 5.25. The van der Waals surface area contributed by atoms with Gasteiger partial charge < -0.3 is 9.84 Å². The Labute approximate surface area is 124 Å². The van der Waals surface area contributed by atoms with E-state index in [1.165, 1.54) is 11.3 Å². The van der Waals surface area contributed by atoms with E-state index < -0.39 is 5.60 Å². The van der Waals surface area contributed by atoms with Crippen molar-refractivity contribution in [2.75, 3.05) is 6.61 Å². The van der Waals surface area contributed by atoms with Crippen LogP contribution in [0.3, 0.4) is 0 Å². The van der Waals surface area contributed by atoms with Gasteiger partial charge in [0.1, 0.15) is 10.6 Å². The fraction of sp³-hybridized carbons (Fsp3) is 0.733. The molecule has 1 fully saturated rings. The maximum atomic E-state index is 12.1. The summed E-state index contributed by atoms with van der Waals surface area (Å²) in [4.78, 5) is 16.3. The van der Waals surface area contributed by atoms with Crippen LogP contribution in [-0.4, -0.2) is 22.7 Å². The topological polar surface area (TPSA) is 59.4 Å². The lowest BCUT2D eigenvalue weighted by Crippen LogP contribution is -2.31. The van der Waals surface area contributed by atoms with Gasteiger partial charge in [-0.1, -0.05) is 6.92 Å². The highest BCUT2D eigenvalue weighted by atomic mass is 32.1. The van der Waals surface area contributed by atoms with Crippen molar-refractivity contribution in [3.63, 3.8) is 0 Å². The van der Waals surface area contributed by atoms with Gasteiger partial charge in [-0.05, 0) is 44.9 Å². The first-order valence-corrected chi connectivity index (χ1v) is 8.12. The number of aromatic nitrogens is 1. The molecule has 1 aliphatic carbocycles. The molecule has 0 spiro atoms. The number of aliphatic hydroxyl groups is 1. The monoisotopic (exact) mass is 297 g/mol. The molecule has 112 valence electrons. The van der Waals surface area contributed by atoms with Crippen molar-refractivity contribution in [2.24, 2.45) is 17.8 Å². The van der Waals surface area contributed by atoms with E-state index >= 15 is 0 Å². The molecule has 5 heteroatoms. The van der Waals surface area contributed by atoms with E-state index in [-0.39, 0.29) is 17.8 Å². The molecular weight excluding hydrogens is 274 g/mol. The number of esters is 1. The molecule has 0 amide bonds. The molecule has 4 atom stereocenters. The second kappa shape index (κ2) is 6.22. The van der Waals surface area contributed by atoms with Gasteiger partial charge in [-0.25, -0.2) is 4.98 Å². The van der Waals surface area contributed by atoms with Gasteiger partial charge in [0.25, 0.3) is 0 Å². The number of thiazole rings is 1. The molecule has 1 saturated carbocycles. The summed E-state index contributed by atoms with van der Waals surface area (Å²) < 4.78 is 5.20. The molecular formula is C15H23NO3S. The number of hydrogen-bond acceptors (Lipinski definition) is 5. The van der Waals surface area contributed by atoms with E-state index in [9.17, 15) is 9.90 Å². The molecule has 2 rings (SSSR count). The molecule has 0 radical (unpaired) electrons. The summed E-state index contributed by atoms with van der Waals surface area (Å²) in [5, 5.41) is 13.2. The zero-order valence-corrected chi connectivity index (χ0v) is 13.2. The number of nitrogens with zero attached hydrogens (tertiary/aromatic N) is 1. The Morgan fingerprint density at radius 2 is 2.35 bits per heavy atom. The summed E-state index contributed by atoms with van der Waals surface area (Å²) >= 11 is 1.46. The van der Waals surface area contributed by atoms with Gasteiger partial charge >= 0.3 is 5.97 Å². The molecule has 20 heavy (non-hydrogen) atoms. The quantitative estimate of drug-likeness (QED) is 0.849. The minimum atomic E-state index is -0.965. The number of ether oxygens (including phenoxy) is 1. The third kappa shape index (κ3) is 3.20. The van der Waals surface area contributed by atoms with Crippen LogP contribution in [0, 0.1) is 17.8 Å². The average molecular weight is 297 g/mol. The molecule has 0 saturated heterocycles. The van der Waals surface area contributed by atoms with Crippen LogP contribution in [0.4, 0.5) is 0 Å². The van der Waals surface area contributed by atoms with Gasteiger partial charge in [0.15, 0.2) is 0 Å². The summed E-state index contributed by atoms with van der Waals surface area (Å²) in [7, 11) is 0. The lowest BCUT2D eigenvalue weighted by atomic mass is 9.83. The second-order valence-electron chi connectivity index (χ2n) is 5.91. The maximum Gasteiger partial charge on any atom is 0.309 e. The van der Waals surface area contributed by atoms with Gasteiger partial charge in [-0.2, -0.15) is 0 Å². The van der Waals surface area contributed by atoms with Gasteiger partial charge in [-0.15, -0.1) is 11.3 Å². The maximum absolute atomic E-state index is 12.1. The van der Waals surface area contributed by atoms with E-state index in [0.717, 1.165) is 17.8 Å². The smallest absolute Gasteiger partial charge is 0.309 e. The molecule has 1 aromatic rings. The van der Waals surface area contributed by atoms with Crippen LogP contribution >= 0.6 is 11.3 Å². The van der Waals surface area contributed by atoms with Crippen molar-refractivity contribution in [3.8, 4) is 0 Å². The molecule has 1 aliphatic rings. The zero-order valence-electron chi connectivity index (χ0n) is 12.3. The van der Waals surface area contributed by atoms with Crippen molar-refractivity contribution in [1.29, 1.82) is 0 Å². The summed E-state index contributed by atoms with van der Waals surface area (Å²) in [6.45, 7) is 6.13. The Balaban J connectivity index is 2.09. The lowest BCUT2D eigenvalue weighted by Gasteiger charge is -2.28. The molecule has 0 aliphatic heterocycles. The molecule has 0 bridgehead atoms. The molecule has 1 aromatic heterocycles. The lowest BCUT2D eigenvalue weighted by molar-refractivity contribution is -0.151. The Morgan fingerprint density at radius 3 is 2.95 bits per heavy atom. The van der Waals surface area contributed by atoms with Crippen LogP contribution in [-0.2, 0) is 15.1 Å². The normalized spacial score (nSPS) is 29.1. The second-order valence-corrected chi connectivity index (χ2v) is 6.80. The first-order chi connectivity index (χ1) is 9.45. The van der Waals surface area contributed by atoms with Crippen LogP contribution < -0.4 is 0 Å². The Kier molecular flexibility index (Phi) is 4.81. The van der Waals surface area contributed by atoms with E-state index in [0.29, 0.717) is 18.9 Å². The van der Waals surface area contributed by atoms with Crippen LogP contribution in [0.25, 0.3) is 0 Å². The van der Waals surface area contributed by atoms with Crippen molar-refractivity contribution in [2.45, 2.75) is 45.6 Å².